The van der Waals surface area contributed by atoms with E-state index in [0.717, 1.165) is 0 Å². The number of hydrogen-bond acceptors (Lipinski definition) is 5. The number of pyridine rings is 1. The first-order valence-corrected chi connectivity index (χ1v) is 11.1. The van der Waals surface area contributed by atoms with E-state index in [9.17, 15) is 18.0 Å². The molecular formula is C20H22N4O5S. The van der Waals surface area contributed by atoms with Gasteiger partial charge in [0.15, 0.2) is 0 Å². The van der Waals surface area contributed by atoms with E-state index >= 15 is 0 Å². The first-order valence-electron chi connectivity index (χ1n) is 9.59. The molecule has 3 heterocycles. The molecule has 2 fully saturated rings. The van der Waals surface area contributed by atoms with Crippen LogP contribution >= 0.6 is 0 Å². The summed E-state index contributed by atoms with van der Waals surface area (Å²) in [6, 6.07) is 9.33. The fraction of sp³-hybridized carbons (Fsp3) is 0.350. The summed E-state index contributed by atoms with van der Waals surface area (Å²) in [6.45, 7) is 1.92. The van der Waals surface area contributed by atoms with Crippen molar-refractivity contribution in [1.29, 1.82) is 0 Å². The predicted octanol–water partition coefficient (Wildman–Crippen LogP) is 2.10. The smallest absolute Gasteiger partial charge is 0.407 e. The minimum absolute atomic E-state index is 0.0800. The van der Waals surface area contributed by atoms with Crippen LogP contribution in [0, 0.1) is 5.41 Å². The first-order chi connectivity index (χ1) is 14.3. The quantitative estimate of drug-likeness (QED) is 0.767. The minimum Gasteiger partial charge on any atom is -0.465 e. The second-order valence-corrected chi connectivity index (χ2v) is 9.43. The number of piperidine rings is 1. The summed E-state index contributed by atoms with van der Waals surface area (Å²) in [5.41, 5.74) is 0.350. The lowest BCUT2D eigenvalue weighted by molar-refractivity contribution is -0.0293. The van der Waals surface area contributed by atoms with Gasteiger partial charge in [-0.3, -0.25) is 14.5 Å². The molecule has 10 heteroatoms. The number of benzene rings is 1. The van der Waals surface area contributed by atoms with E-state index in [-0.39, 0.29) is 21.8 Å². The van der Waals surface area contributed by atoms with Crippen LogP contribution in [0.25, 0.3) is 0 Å². The van der Waals surface area contributed by atoms with Crippen molar-refractivity contribution in [3.05, 3.63) is 54.4 Å². The maximum atomic E-state index is 13.1. The minimum atomic E-state index is -3.97. The van der Waals surface area contributed by atoms with Crippen molar-refractivity contribution < 1.29 is 23.1 Å². The molecule has 4 rings (SSSR count). The van der Waals surface area contributed by atoms with E-state index in [1.165, 1.54) is 29.4 Å². The number of rotatable bonds is 4. The number of anilines is 1. The summed E-state index contributed by atoms with van der Waals surface area (Å²) in [6.07, 6.45) is 3.41. The van der Waals surface area contributed by atoms with Crippen LogP contribution in [0.1, 0.15) is 23.2 Å². The lowest BCUT2D eigenvalue weighted by Crippen LogP contribution is -2.62. The Kier molecular flexibility index (Phi) is 5.10. The molecule has 2 saturated heterocycles. The van der Waals surface area contributed by atoms with Crippen molar-refractivity contribution in [2.24, 2.45) is 5.41 Å². The SMILES string of the molecule is O=C(O)N1CCC2(CC1)CN(C(=O)c1ccccc1S(=O)(=O)Nc1cccnc1)C2. The topological polar surface area (TPSA) is 120 Å². The second kappa shape index (κ2) is 7.60. The number of carbonyl (C=O) groups excluding carboxylic acids is 1. The Morgan fingerprint density at radius 3 is 2.37 bits per heavy atom. The molecule has 158 valence electrons. The van der Waals surface area contributed by atoms with Crippen LogP contribution < -0.4 is 4.72 Å². The predicted molar refractivity (Wildman–Crippen MR) is 109 cm³/mol. The number of amides is 2. The van der Waals surface area contributed by atoms with Gasteiger partial charge in [0.25, 0.3) is 15.9 Å². The van der Waals surface area contributed by atoms with Crippen molar-refractivity contribution >= 4 is 27.7 Å². The maximum absolute atomic E-state index is 13.1. The monoisotopic (exact) mass is 430 g/mol. The normalized spacial score (nSPS) is 18.0. The Labute approximate surface area is 174 Å². The molecule has 30 heavy (non-hydrogen) atoms. The molecule has 1 aromatic heterocycles. The second-order valence-electron chi connectivity index (χ2n) is 7.77. The molecular weight excluding hydrogens is 408 g/mol. The van der Waals surface area contributed by atoms with Crippen molar-refractivity contribution in [3.63, 3.8) is 0 Å². The van der Waals surface area contributed by atoms with Crippen molar-refractivity contribution in [2.45, 2.75) is 17.7 Å². The van der Waals surface area contributed by atoms with Crippen LogP contribution in [-0.2, 0) is 10.0 Å². The third-order valence-electron chi connectivity index (χ3n) is 5.76. The van der Waals surface area contributed by atoms with Gasteiger partial charge in [-0.1, -0.05) is 12.1 Å². The number of sulfonamides is 1. The van der Waals surface area contributed by atoms with E-state index in [2.05, 4.69) is 9.71 Å². The van der Waals surface area contributed by atoms with Crippen LogP contribution in [-0.4, -0.2) is 66.5 Å². The van der Waals surface area contributed by atoms with Crippen LogP contribution in [0.5, 0.6) is 0 Å². The van der Waals surface area contributed by atoms with Gasteiger partial charge in [0, 0.05) is 37.8 Å². The van der Waals surface area contributed by atoms with E-state index in [1.807, 2.05) is 0 Å². The van der Waals surface area contributed by atoms with Gasteiger partial charge in [-0.2, -0.15) is 0 Å². The lowest BCUT2D eigenvalue weighted by Gasteiger charge is -2.53. The van der Waals surface area contributed by atoms with Crippen LogP contribution in [0.15, 0.2) is 53.7 Å². The van der Waals surface area contributed by atoms with Crippen molar-refractivity contribution in [1.82, 2.24) is 14.8 Å². The Morgan fingerprint density at radius 1 is 1.03 bits per heavy atom. The summed E-state index contributed by atoms with van der Waals surface area (Å²) >= 11 is 0. The van der Waals surface area contributed by atoms with Crippen LogP contribution in [0.3, 0.4) is 0 Å². The number of carboxylic acid groups (broad SMARTS) is 1. The highest BCUT2D eigenvalue weighted by Crippen LogP contribution is 2.41. The average Bonchev–Trinajstić information content (AvgIpc) is 2.72. The van der Waals surface area contributed by atoms with Crippen molar-refractivity contribution in [2.75, 3.05) is 30.9 Å². The number of aromatic nitrogens is 1. The third-order valence-corrected chi connectivity index (χ3v) is 7.19. The summed E-state index contributed by atoms with van der Waals surface area (Å²) < 4.78 is 28.2. The summed E-state index contributed by atoms with van der Waals surface area (Å²) in [5.74, 6) is -0.339. The fourth-order valence-corrected chi connectivity index (χ4v) is 5.32. The van der Waals surface area contributed by atoms with Crippen LogP contribution in [0.2, 0.25) is 0 Å². The van der Waals surface area contributed by atoms with Gasteiger partial charge >= 0.3 is 6.09 Å². The first kappa shape index (κ1) is 20.1. The number of nitrogens with one attached hydrogen (secondary N) is 1. The van der Waals surface area contributed by atoms with Gasteiger partial charge in [-0.15, -0.1) is 0 Å². The van der Waals surface area contributed by atoms with Crippen molar-refractivity contribution in [3.8, 4) is 0 Å². The van der Waals surface area contributed by atoms with Gasteiger partial charge in [0.2, 0.25) is 0 Å². The van der Waals surface area contributed by atoms with Crippen LogP contribution in [0.4, 0.5) is 10.5 Å². The Bertz CT molecular complexity index is 1060. The summed E-state index contributed by atoms with van der Waals surface area (Å²) in [4.78, 5) is 31.0. The number of carbonyl (C=O) groups is 2. The molecule has 2 aliphatic rings. The lowest BCUT2D eigenvalue weighted by atomic mass is 9.72. The molecule has 0 aliphatic carbocycles. The maximum Gasteiger partial charge on any atom is 0.407 e. The Balaban J connectivity index is 1.48. The molecule has 1 spiro atoms. The molecule has 0 radical (unpaired) electrons. The molecule has 2 aliphatic heterocycles. The zero-order valence-electron chi connectivity index (χ0n) is 16.2. The third kappa shape index (κ3) is 3.82. The average molecular weight is 430 g/mol. The van der Waals surface area contributed by atoms with Gasteiger partial charge in [-0.05, 0) is 37.1 Å². The molecule has 0 bridgehead atoms. The molecule has 0 unspecified atom stereocenters. The standard InChI is InChI=1S/C20H22N4O5S/c25-18(24-13-20(14-24)7-10-23(11-8-20)19(26)27)16-5-1-2-6-17(16)30(28,29)22-15-4-3-9-21-12-15/h1-6,9,12,22H,7-8,10-11,13-14H2,(H,26,27). The van der Waals surface area contributed by atoms with Gasteiger partial charge in [-0.25, -0.2) is 13.2 Å². The number of nitrogens with zero attached hydrogens (tertiary/aromatic N) is 3. The molecule has 0 atom stereocenters. The van der Waals surface area contributed by atoms with E-state index in [4.69, 9.17) is 5.11 Å². The highest BCUT2D eigenvalue weighted by atomic mass is 32.2. The molecule has 2 amide bonds. The van der Waals surface area contributed by atoms with E-state index in [0.29, 0.717) is 44.7 Å². The highest BCUT2D eigenvalue weighted by Gasteiger charge is 2.47. The van der Waals surface area contributed by atoms with Gasteiger partial charge in [0.05, 0.1) is 17.4 Å². The zero-order valence-corrected chi connectivity index (χ0v) is 17.0. The molecule has 2 aromatic rings. The zero-order chi connectivity index (χ0) is 21.4. The van der Waals surface area contributed by atoms with E-state index in [1.54, 1.807) is 29.2 Å². The molecule has 1 aromatic carbocycles. The molecule has 0 saturated carbocycles. The van der Waals surface area contributed by atoms with E-state index < -0.39 is 16.1 Å². The number of hydrogen-bond donors (Lipinski definition) is 2. The fourth-order valence-electron chi connectivity index (χ4n) is 4.08. The Morgan fingerprint density at radius 2 is 1.73 bits per heavy atom. The number of likely N-dealkylation sites (tertiary alicyclic amines) is 2. The highest BCUT2D eigenvalue weighted by molar-refractivity contribution is 7.92. The van der Waals surface area contributed by atoms with Gasteiger partial charge < -0.3 is 14.9 Å². The molecule has 9 nitrogen and oxygen atoms in total. The largest absolute Gasteiger partial charge is 0.465 e. The Hall–Kier alpha value is -3.14. The molecule has 2 N–H and O–H groups in total. The summed E-state index contributed by atoms with van der Waals surface area (Å²) in [5, 5.41) is 9.10. The van der Waals surface area contributed by atoms with Gasteiger partial charge in [0.1, 0.15) is 4.90 Å². The summed E-state index contributed by atoms with van der Waals surface area (Å²) in [7, 11) is -3.97.